The molecule has 0 atom stereocenters. The third-order valence-electron chi connectivity index (χ3n) is 3.69. The second-order valence-electron chi connectivity index (χ2n) is 5.08. The lowest BCUT2D eigenvalue weighted by atomic mass is 10.2. The molecule has 4 rings (SSSR count). The first-order valence-electron chi connectivity index (χ1n) is 7.23. The van der Waals surface area contributed by atoms with Gasteiger partial charge in [-0.25, -0.2) is 14.4 Å². The van der Waals surface area contributed by atoms with Gasteiger partial charge in [0.15, 0.2) is 5.65 Å². The maximum atomic E-state index is 12.9. The standard InChI is InChI=1S/C17H14N4O/c1-2-18-17-20-13-9-5-3-7-11(13)15-19-14-10-6-4-8-12(14)16(22)21(15)17/h3-10H,2H2,1H3,(H,18,20). The molecule has 5 nitrogen and oxygen atoms in total. The predicted molar refractivity (Wildman–Crippen MR) is 88.4 cm³/mol. The minimum absolute atomic E-state index is 0.102. The van der Waals surface area contributed by atoms with Crippen LogP contribution < -0.4 is 10.9 Å². The van der Waals surface area contributed by atoms with Crippen molar-refractivity contribution in [1.29, 1.82) is 0 Å². The van der Waals surface area contributed by atoms with E-state index >= 15 is 0 Å². The molecule has 0 aliphatic rings. The highest BCUT2D eigenvalue weighted by Crippen LogP contribution is 2.21. The smallest absolute Gasteiger partial charge is 0.268 e. The summed E-state index contributed by atoms with van der Waals surface area (Å²) >= 11 is 0. The zero-order valence-electron chi connectivity index (χ0n) is 12.1. The highest BCUT2D eigenvalue weighted by molar-refractivity contribution is 5.95. The predicted octanol–water partition coefficient (Wildman–Crippen LogP) is 2.83. The van der Waals surface area contributed by atoms with E-state index in [4.69, 9.17) is 4.98 Å². The molecule has 5 heteroatoms. The average molecular weight is 290 g/mol. The Morgan fingerprint density at radius 3 is 2.32 bits per heavy atom. The second kappa shape index (κ2) is 4.80. The number of aromatic nitrogens is 3. The fourth-order valence-corrected chi connectivity index (χ4v) is 2.71. The van der Waals surface area contributed by atoms with E-state index in [9.17, 15) is 4.79 Å². The van der Waals surface area contributed by atoms with Crippen molar-refractivity contribution < 1.29 is 0 Å². The molecule has 0 spiro atoms. The molecule has 0 radical (unpaired) electrons. The fourth-order valence-electron chi connectivity index (χ4n) is 2.71. The molecule has 1 N–H and O–H groups in total. The van der Waals surface area contributed by atoms with Crippen molar-refractivity contribution in [3.05, 3.63) is 58.9 Å². The minimum Gasteiger partial charge on any atom is -0.355 e. The summed E-state index contributed by atoms with van der Waals surface area (Å²) in [4.78, 5) is 22.1. The molecule has 2 aromatic heterocycles. The minimum atomic E-state index is -0.102. The van der Waals surface area contributed by atoms with Gasteiger partial charge in [0.05, 0.1) is 16.4 Å². The van der Waals surface area contributed by atoms with Crippen LogP contribution in [0.3, 0.4) is 0 Å². The molecule has 22 heavy (non-hydrogen) atoms. The molecule has 0 aliphatic carbocycles. The molecule has 4 aromatic rings. The highest BCUT2D eigenvalue weighted by atomic mass is 16.1. The van der Waals surface area contributed by atoms with Gasteiger partial charge in [0, 0.05) is 11.9 Å². The molecule has 2 aromatic carbocycles. The first-order valence-corrected chi connectivity index (χ1v) is 7.23. The number of para-hydroxylation sites is 2. The first kappa shape index (κ1) is 12.8. The van der Waals surface area contributed by atoms with Crippen molar-refractivity contribution in [1.82, 2.24) is 14.4 Å². The van der Waals surface area contributed by atoms with Gasteiger partial charge >= 0.3 is 0 Å². The number of rotatable bonds is 2. The number of anilines is 1. The van der Waals surface area contributed by atoms with Crippen LogP contribution in [0.4, 0.5) is 5.95 Å². The second-order valence-corrected chi connectivity index (χ2v) is 5.08. The average Bonchev–Trinajstić information content (AvgIpc) is 2.55. The van der Waals surface area contributed by atoms with Crippen molar-refractivity contribution in [2.45, 2.75) is 6.92 Å². The quantitative estimate of drug-likeness (QED) is 0.455. The molecule has 0 aliphatic heterocycles. The van der Waals surface area contributed by atoms with E-state index in [1.807, 2.05) is 49.4 Å². The Labute approximate surface area is 126 Å². The van der Waals surface area contributed by atoms with E-state index in [1.54, 1.807) is 10.5 Å². The normalized spacial score (nSPS) is 11.3. The van der Waals surface area contributed by atoms with Crippen molar-refractivity contribution in [3.8, 4) is 0 Å². The van der Waals surface area contributed by atoms with Crippen molar-refractivity contribution >= 4 is 33.4 Å². The van der Waals surface area contributed by atoms with E-state index in [2.05, 4.69) is 10.3 Å². The topological polar surface area (TPSA) is 59.3 Å². The maximum Gasteiger partial charge on any atom is 0.268 e. The maximum absolute atomic E-state index is 12.9. The zero-order chi connectivity index (χ0) is 15.1. The summed E-state index contributed by atoms with van der Waals surface area (Å²) < 4.78 is 1.56. The Morgan fingerprint density at radius 2 is 1.59 bits per heavy atom. The van der Waals surface area contributed by atoms with Gasteiger partial charge in [-0.2, -0.15) is 0 Å². The van der Waals surface area contributed by atoms with Crippen LogP contribution in [-0.2, 0) is 0 Å². The van der Waals surface area contributed by atoms with Crippen molar-refractivity contribution in [3.63, 3.8) is 0 Å². The van der Waals surface area contributed by atoms with E-state index in [-0.39, 0.29) is 5.56 Å². The molecule has 0 unspecified atom stereocenters. The SMILES string of the molecule is CCNc1nc2ccccc2c2nc3ccccc3c(=O)n12. The van der Waals surface area contributed by atoms with Crippen LogP contribution in [0.2, 0.25) is 0 Å². The molecule has 2 heterocycles. The summed E-state index contributed by atoms with van der Waals surface area (Å²) in [5.74, 6) is 0.527. The molecule has 0 amide bonds. The number of hydrogen-bond acceptors (Lipinski definition) is 4. The van der Waals surface area contributed by atoms with Crippen molar-refractivity contribution in [2.24, 2.45) is 0 Å². The summed E-state index contributed by atoms with van der Waals surface area (Å²) in [6.07, 6.45) is 0. The molecule has 0 bridgehead atoms. The Hall–Kier alpha value is -2.95. The van der Waals surface area contributed by atoms with E-state index < -0.39 is 0 Å². The largest absolute Gasteiger partial charge is 0.355 e. The van der Waals surface area contributed by atoms with Crippen LogP contribution in [0, 0.1) is 0 Å². The van der Waals surface area contributed by atoms with Crippen LogP contribution >= 0.6 is 0 Å². The van der Waals surface area contributed by atoms with Crippen LogP contribution in [0.25, 0.3) is 27.5 Å². The molecular formula is C17H14N4O. The fraction of sp³-hybridized carbons (Fsp3) is 0.118. The lowest BCUT2D eigenvalue weighted by Crippen LogP contribution is -2.20. The van der Waals surface area contributed by atoms with E-state index in [0.29, 0.717) is 29.0 Å². The van der Waals surface area contributed by atoms with Gasteiger partial charge in [-0.3, -0.25) is 4.79 Å². The van der Waals surface area contributed by atoms with Crippen molar-refractivity contribution in [2.75, 3.05) is 11.9 Å². The number of fused-ring (bicyclic) bond motifs is 4. The number of nitrogens with one attached hydrogen (secondary N) is 1. The highest BCUT2D eigenvalue weighted by Gasteiger charge is 2.13. The lowest BCUT2D eigenvalue weighted by Gasteiger charge is -2.12. The molecule has 0 saturated heterocycles. The van der Waals surface area contributed by atoms with Crippen LogP contribution in [0.5, 0.6) is 0 Å². The van der Waals surface area contributed by atoms with Crippen LogP contribution in [0.1, 0.15) is 6.92 Å². The third-order valence-corrected chi connectivity index (χ3v) is 3.69. The van der Waals surface area contributed by atoms with E-state index in [0.717, 1.165) is 10.9 Å². The Bertz CT molecular complexity index is 1070. The Morgan fingerprint density at radius 1 is 0.955 bits per heavy atom. The number of nitrogens with zero attached hydrogens (tertiary/aromatic N) is 3. The van der Waals surface area contributed by atoms with Crippen LogP contribution in [-0.4, -0.2) is 20.9 Å². The number of benzene rings is 2. The molecular weight excluding hydrogens is 276 g/mol. The van der Waals surface area contributed by atoms with Gasteiger partial charge in [0.1, 0.15) is 0 Å². The molecule has 0 fully saturated rings. The Balaban J connectivity index is 2.30. The zero-order valence-corrected chi connectivity index (χ0v) is 12.1. The van der Waals surface area contributed by atoms with Crippen LogP contribution in [0.15, 0.2) is 53.3 Å². The Kier molecular flexibility index (Phi) is 2.79. The summed E-state index contributed by atoms with van der Waals surface area (Å²) in [5, 5.41) is 4.62. The molecule has 108 valence electrons. The summed E-state index contributed by atoms with van der Waals surface area (Å²) in [7, 11) is 0. The van der Waals surface area contributed by atoms with Gasteiger partial charge in [0.25, 0.3) is 5.56 Å². The van der Waals surface area contributed by atoms with Gasteiger partial charge in [-0.1, -0.05) is 24.3 Å². The third kappa shape index (κ3) is 1.75. The monoisotopic (exact) mass is 290 g/mol. The summed E-state index contributed by atoms with van der Waals surface area (Å²) in [6, 6.07) is 15.1. The van der Waals surface area contributed by atoms with Gasteiger partial charge in [-0.15, -0.1) is 0 Å². The first-order chi connectivity index (χ1) is 10.8. The van der Waals surface area contributed by atoms with Gasteiger partial charge in [-0.05, 0) is 31.2 Å². The van der Waals surface area contributed by atoms with Gasteiger partial charge < -0.3 is 5.32 Å². The molecule has 0 saturated carbocycles. The number of hydrogen-bond donors (Lipinski definition) is 1. The van der Waals surface area contributed by atoms with Gasteiger partial charge in [0.2, 0.25) is 5.95 Å². The van der Waals surface area contributed by atoms with E-state index in [1.165, 1.54) is 0 Å². The summed E-state index contributed by atoms with van der Waals surface area (Å²) in [5.41, 5.74) is 2.05. The summed E-state index contributed by atoms with van der Waals surface area (Å²) in [6.45, 7) is 2.65. The lowest BCUT2D eigenvalue weighted by molar-refractivity contribution is 1.01.